The van der Waals surface area contributed by atoms with Crippen LogP contribution in [0, 0.1) is 5.92 Å². The van der Waals surface area contributed by atoms with Crippen molar-refractivity contribution in [3.8, 4) is 0 Å². The molecule has 0 bridgehead atoms. The highest BCUT2D eigenvalue weighted by atomic mass is 16.2. The molecule has 0 unspecified atom stereocenters. The van der Waals surface area contributed by atoms with E-state index in [0.717, 1.165) is 38.0 Å². The van der Waals surface area contributed by atoms with Crippen LogP contribution in [0.5, 0.6) is 0 Å². The Balaban J connectivity index is 1.61. The molecule has 0 atom stereocenters. The fourth-order valence-electron chi connectivity index (χ4n) is 4.57. The van der Waals surface area contributed by atoms with Gasteiger partial charge in [0, 0.05) is 36.4 Å². The van der Waals surface area contributed by atoms with Crippen LogP contribution in [0.3, 0.4) is 0 Å². The van der Waals surface area contributed by atoms with Crippen molar-refractivity contribution in [2.24, 2.45) is 5.92 Å². The SMILES string of the molecule is CC(C)C(=O)Nc1ccc(N2CCc3ccccc3C2)c(C(=O)NC2CCCCC2)c1. The number of benzene rings is 2. The van der Waals surface area contributed by atoms with Gasteiger partial charge >= 0.3 is 0 Å². The fourth-order valence-corrected chi connectivity index (χ4v) is 4.57. The van der Waals surface area contributed by atoms with Crippen LogP contribution in [-0.4, -0.2) is 24.4 Å². The molecule has 5 nitrogen and oxygen atoms in total. The molecule has 1 aliphatic heterocycles. The van der Waals surface area contributed by atoms with Crippen LogP contribution >= 0.6 is 0 Å². The number of nitrogens with zero attached hydrogens (tertiary/aromatic N) is 1. The van der Waals surface area contributed by atoms with Gasteiger partial charge in [0.2, 0.25) is 5.91 Å². The highest BCUT2D eigenvalue weighted by Gasteiger charge is 2.24. The van der Waals surface area contributed by atoms with E-state index >= 15 is 0 Å². The van der Waals surface area contributed by atoms with Crippen molar-refractivity contribution in [2.75, 3.05) is 16.8 Å². The van der Waals surface area contributed by atoms with Crippen LogP contribution in [0.2, 0.25) is 0 Å². The Morgan fingerprint density at radius 2 is 1.74 bits per heavy atom. The lowest BCUT2D eigenvalue weighted by molar-refractivity contribution is -0.118. The summed E-state index contributed by atoms with van der Waals surface area (Å²) in [5.41, 5.74) is 4.95. The molecule has 1 fully saturated rings. The number of amides is 2. The van der Waals surface area contributed by atoms with E-state index < -0.39 is 0 Å². The van der Waals surface area contributed by atoms with E-state index in [2.05, 4.69) is 39.8 Å². The van der Waals surface area contributed by atoms with Gasteiger partial charge in [0.15, 0.2) is 0 Å². The van der Waals surface area contributed by atoms with Crippen LogP contribution in [0.4, 0.5) is 11.4 Å². The summed E-state index contributed by atoms with van der Waals surface area (Å²) in [6, 6.07) is 14.5. The largest absolute Gasteiger partial charge is 0.366 e. The molecule has 164 valence electrons. The third-order valence-corrected chi connectivity index (χ3v) is 6.44. The maximum atomic E-state index is 13.3. The summed E-state index contributed by atoms with van der Waals surface area (Å²) in [5.74, 6) is -0.197. The number of fused-ring (bicyclic) bond motifs is 1. The zero-order valence-electron chi connectivity index (χ0n) is 18.6. The van der Waals surface area contributed by atoms with Gasteiger partial charge in [-0.1, -0.05) is 57.4 Å². The van der Waals surface area contributed by atoms with E-state index in [-0.39, 0.29) is 23.8 Å². The third kappa shape index (κ3) is 5.09. The molecule has 31 heavy (non-hydrogen) atoms. The van der Waals surface area contributed by atoms with Gasteiger partial charge in [-0.3, -0.25) is 9.59 Å². The summed E-state index contributed by atoms with van der Waals surface area (Å²) >= 11 is 0. The van der Waals surface area contributed by atoms with E-state index in [4.69, 9.17) is 0 Å². The molecule has 2 N–H and O–H groups in total. The lowest BCUT2D eigenvalue weighted by atomic mass is 9.95. The molecule has 2 aromatic carbocycles. The first kappa shape index (κ1) is 21.4. The van der Waals surface area contributed by atoms with Crippen molar-refractivity contribution in [3.05, 3.63) is 59.2 Å². The first-order chi connectivity index (χ1) is 15.0. The lowest BCUT2D eigenvalue weighted by Crippen LogP contribution is -2.38. The Morgan fingerprint density at radius 1 is 1.00 bits per heavy atom. The topological polar surface area (TPSA) is 61.4 Å². The summed E-state index contributed by atoms with van der Waals surface area (Å²) in [4.78, 5) is 27.8. The van der Waals surface area contributed by atoms with Crippen molar-refractivity contribution in [2.45, 2.75) is 65.0 Å². The van der Waals surface area contributed by atoms with Crippen molar-refractivity contribution in [3.63, 3.8) is 0 Å². The second kappa shape index (κ2) is 9.54. The smallest absolute Gasteiger partial charge is 0.253 e. The van der Waals surface area contributed by atoms with Gasteiger partial charge in [-0.15, -0.1) is 0 Å². The Labute approximate surface area is 185 Å². The second-order valence-electron chi connectivity index (χ2n) is 9.12. The quantitative estimate of drug-likeness (QED) is 0.724. The molecule has 4 rings (SSSR count). The van der Waals surface area contributed by atoms with Crippen LogP contribution in [-0.2, 0) is 17.8 Å². The average Bonchev–Trinajstić information content (AvgIpc) is 2.79. The average molecular weight is 420 g/mol. The maximum absolute atomic E-state index is 13.3. The summed E-state index contributed by atoms with van der Waals surface area (Å²) in [6.07, 6.45) is 6.65. The summed E-state index contributed by atoms with van der Waals surface area (Å²) in [5, 5.41) is 6.21. The molecule has 1 heterocycles. The Hall–Kier alpha value is -2.82. The van der Waals surface area contributed by atoms with E-state index in [1.807, 2.05) is 32.0 Å². The van der Waals surface area contributed by atoms with Gasteiger partial charge in [-0.05, 0) is 48.6 Å². The van der Waals surface area contributed by atoms with Crippen molar-refractivity contribution < 1.29 is 9.59 Å². The van der Waals surface area contributed by atoms with Gasteiger partial charge in [-0.2, -0.15) is 0 Å². The lowest BCUT2D eigenvalue weighted by Gasteiger charge is -2.32. The highest BCUT2D eigenvalue weighted by Crippen LogP contribution is 2.30. The van der Waals surface area contributed by atoms with Crippen LogP contribution in [0.15, 0.2) is 42.5 Å². The zero-order chi connectivity index (χ0) is 21.8. The number of rotatable bonds is 5. The molecule has 1 saturated carbocycles. The molecular weight excluding hydrogens is 386 g/mol. The van der Waals surface area contributed by atoms with Crippen LogP contribution in [0.25, 0.3) is 0 Å². The number of hydrogen-bond acceptors (Lipinski definition) is 3. The first-order valence-corrected chi connectivity index (χ1v) is 11.6. The molecular formula is C26H33N3O2. The van der Waals surface area contributed by atoms with Gasteiger partial charge in [0.05, 0.1) is 5.56 Å². The number of hydrogen-bond donors (Lipinski definition) is 2. The van der Waals surface area contributed by atoms with Crippen molar-refractivity contribution >= 4 is 23.2 Å². The van der Waals surface area contributed by atoms with E-state index in [0.29, 0.717) is 11.3 Å². The highest BCUT2D eigenvalue weighted by molar-refractivity contribution is 6.02. The van der Waals surface area contributed by atoms with Crippen LogP contribution in [0.1, 0.15) is 67.4 Å². The van der Waals surface area contributed by atoms with E-state index in [1.54, 1.807) is 0 Å². The van der Waals surface area contributed by atoms with Crippen molar-refractivity contribution in [1.82, 2.24) is 5.32 Å². The fraction of sp³-hybridized carbons (Fsp3) is 0.462. The number of nitrogens with one attached hydrogen (secondary N) is 2. The molecule has 1 aliphatic carbocycles. The summed E-state index contributed by atoms with van der Waals surface area (Å²) < 4.78 is 0. The predicted molar refractivity (Wildman–Crippen MR) is 125 cm³/mol. The molecule has 2 aliphatic rings. The predicted octanol–water partition coefficient (Wildman–Crippen LogP) is 4.91. The Morgan fingerprint density at radius 3 is 2.48 bits per heavy atom. The molecule has 2 aromatic rings. The molecule has 0 aromatic heterocycles. The monoisotopic (exact) mass is 419 g/mol. The minimum atomic E-state index is -0.113. The zero-order valence-corrected chi connectivity index (χ0v) is 18.6. The number of carbonyl (C=O) groups excluding carboxylic acids is 2. The van der Waals surface area contributed by atoms with Crippen LogP contribution < -0.4 is 15.5 Å². The third-order valence-electron chi connectivity index (χ3n) is 6.44. The molecule has 0 saturated heterocycles. The number of anilines is 2. The van der Waals surface area contributed by atoms with Gasteiger partial charge in [0.25, 0.3) is 5.91 Å². The Kier molecular flexibility index (Phi) is 6.59. The molecule has 5 heteroatoms. The minimum absolute atomic E-state index is 0.0404. The maximum Gasteiger partial charge on any atom is 0.253 e. The van der Waals surface area contributed by atoms with Crippen molar-refractivity contribution in [1.29, 1.82) is 0 Å². The number of carbonyl (C=O) groups is 2. The van der Waals surface area contributed by atoms with Gasteiger partial charge < -0.3 is 15.5 Å². The van der Waals surface area contributed by atoms with E-state index in [1.165, 1.54) is 30.4 Å². The van der Waals surface area contributed by atoms with Gasteiger partial charge in [-0.25, -0.2) is 0 Å². The summed E-state index contributed by atoms with van der Waals surface area (Å²) in [7, 11) is 0. The molecule has 0 radical (unpaired) electrons. The standard InChI is InChI=1S/C26H33N3O2/c1-18(2)25(30)28-22-12-13-24(29-15-14-19-8-6-7-9-20(19)17-29)23(16-22)26(31)27-21-10-4-3-5-11-21/h6-9,12-13,16,18,21H,3-5,10-11,14-15,17H2,1-2H3,(H,27,31)(H,28,30). The first-order valence-electron chi connectivity index (χ1n) is 11.6. The minimum Gasteiger partial charge on any atom is -0.366 e. The molecule has 0 spiro atoms. The normalized spacial score (nSPS) is 16.7. The summed E-state index contributed by atoms with van der Waals surface area (Å²) in [6.45, 7) is 5.40. The van der Waals surface area contributed by atoms with Gasteiger partial charge in [0.1, 0.15) is 0 Å². The Bertz CT molecular complexity index is 947. The molecule has 2 amide bonds. The van der Waals surface area contributed by atoms with E-state index in [9.17, 15) is 9.59 Å². The second-order valence-corrected chi connectivity index (χ2v) is 9.12.